The van der Waals surface area contributed by atoms with Gasteiger partial charge >= 0.3 is 0 Å². The van der Waals surface area contributed by atoms with Gasteiger partial charge in [0.2, 0.25) is 5.91 Å². The lowest BCUT2D eigenvalue weighted by Gasteiger charge is -2.33. The number of aromatic amines is 1. The third-order valence-corrected chi connectivity index (χ3v) is 4.17. The Bertz CT molecular complexity index is 752. The highest BCUT2D eigenvalue weighted by Crippen LogP contribution is 2.15. The quantitative estimate of drug-likeness (QED) is 0.864. The Morgan fingerprint density at radius 1 is 1.50 bits per heavy atom. The minimum absolute atomic E-state index is 0.00540. The zero-order valence-corrected chi connectivity index (χ0v) is 13.7. The maximum Gasteiger partial charge on any atom is 0.290 e. The van der Waals surface area contributed by atoms with E-state index in [1.165, 1.54) is 6.20 Å². The van der Waals surface area contributed by atoms with Crippen LogP contribution in [-0.2, 0) is 11.2 Å². The van der Waals surface area contributed by atoms with E-state index in [2.05, 4.69) is 15.3 Å². The van der Waals surface area contributed by atoms with Crippen LogP contribution in [0.15, 0.2) is 33.7 Å². The molecule has 2 aromatic rings. The van der Waals surface area contributed by atoms with Crippen LogP contribution in [0.1, 0.15) is 30.8 Å². The lowest BCUT2D eigenvalue weighted by atomic mass is 10.1. The number of carbonyl (C=O) groups is 1. The summed E-state index contributed by atoms with van der Waals surface area (Å²) in [5.41, 5.74) is -0.197. The van der Waals surface area contributed by atoms with Gasteiger partial charge in [0.05, 0.1) is 0 Å². The molecule has 1 fully saturated rings. The van der Waals surface area contributed by atoms with Crippen LogP contribution in [0.25, 0.3) is 0 Å². The van der Waals surface area contributed by atoms with Gasteiger partial charge in [0.15, 0.2) is 5.82 Å². The zero-order chi connectivity index (χ0) is 16.9. The van der Waals surface area contributed by atoms with Crippen molar-refractivity contribution in [2.75, 3.05) is 18.0 Å². The van der Waals surface area contributed by atoms with E-state index in [-0.39, 0.29) is 17.5 Å². The highest BCUT2D eigenvalue weighted by atomic mass is 16.3. The average molecular weight is 330 g/mol. The van der Waals surface area contributed by atoms with E-state index in [9.17, 15) is 9.59 Å². The summed E-state index contributed by atoms with van der Waals surface area (Å²) < 4.78 is 5.48. The van der Waals surface area contributed by atoms with Crippen molar-refractivity contribution in [1.82, 2.24) is 15.3 Å². The number of carbonyl (C=O) groups excluding carboxylic acids is 1. The standard InChI is InChI=1S/C17H22N4O3/c1-12-4-5-14(24-12)6-7-15(22)20-13-3-2-10-21(11-13)16-17(23)19-9-8-18-16/h4-5,8-9,13H,2-3,6-7,10-11H2,1H3,(H,19,23)(H,20,22)/t13-/m1/s1. The minimum Gasteiger partial charge on any atom is -0.466 e. The first kappa shape index (κ1) is 16.3. The molecule has 2 aromatic heterocycles. The molecule has 1 amide bonds. The molecule has 128 valence electrons. The van der Waals surface area contributed by atoms with E-state index >= 15 is 0 Å². The fraction of sp³-hybridized carbons (Fsp3) is 0.471. The minimum atomic E-state index is -0.197. The number of aryl methyl sites for hydroxylation is 2. The maximum absolute atomic E-state index is 12.1. The first-order valence-electron chi connectivity index (χ1n) is 8.25. The Morgan fingerprint density at radius 3 is 3.12 bits per heavy atom. The van der Waals surface area contributed by atoms with Gasteiger partial charge in [-0.1, -0.05) is 0 Å². The van der Waals surface area contributed by atoms with E-state index in [1.54, 1.807) is 6.20 Å². The van der Waals surface area contributed by atoms with E-state index in [0.29, 0.717) is 25.2 Å². The Balaban J connectivity index is 1.52. The number of aromatic nitrogens is 2. The molecule has 24 heavy (non-hydrogen) atoms. The third kappa shape index (κ3) is 4.04. The molecular formula is C17H22N4O3. The van der Waals surface area contributed by atoms with Crippen LogP contribution in [0, 0.1) is 6.92 Å². The number of furan rings is 1. The van der Waals surface area contributed by atoms with Crippen molar-refractivity contribution >= 4 is 11.7 Å². The van der Waals surface area contributed by atoms with Crippen molar-refractivity contribution in [2.24, 2.45) is 0 Å². The fourth-order valence-electron chi connectivity index (χ4n) is 3.01. The molecule has 3 rings (SSSR count). The molecule has 7 nitrogen and oxygen atoms in total. The molecule has 0 radical (unpaired) electrons. The summed E-state index contributed by atoms with van der Waals surface area (Å²) in [6, 6.07) is 3.83. The van der Waals surface area contributed by atoms with Crippen LogP contribution < -0.4 is 15.8 Å². The van der Waals surface area contributed by atoms with Gasteiger partial charge in [0.25, 0.3) is 5.56 Å². The Hall–Kier alpha value is -2.57. The number of hydrogen-bond donors (Lipinski definition) is 2. The fourth-order valence-corrected chi connectivity index (χ4v) is 3.01. The smallest absolute Gasteiger partial charge is 0.290 e. The Labute approximate surface area is 140 Å². The molecule has 0 spiro atoms. The molecular weight excluding hydrogens is 308 g/mol. The summed E-state index contributed by atoms with van der Waals surface area (Å²) in [4.78, 5) is 32.7. The topological polar surface area (TPSA) is 91.2 Å². The van der Waals surface area contributed by atoms with Crippen LogP contribution in [0.2, 0.25) is 0 Å². The highest BCUT2D eigenvalue weighted by Gasteiger charge is 2.23. The van der Waals surface area contributed by atoms with Crippen molar-refractivity contribution in [3.63, 3.8) is 0 Å². The number of amides is 1. The van der Waals surface area contributed by atoms with Crippen LogP contribution in [0.5, 0.6) is 0 Å². The number of H-pyrrole nitrogens is 1. The maximum atomic E-state index is 12.1. The summed E-state index contributed by atoms with van der Waals surface area (Å²) in [5, 5.41) is 3.05. The lowest BCUT2D eigenvalue weighted by Crippen LogP contribution is -2.49. The molecule has 1 saturated heterocycles. The number of rotatable bonds is 5. The van der Waals surface area contributed by atoms with Crippen molar-refractivity contribution in [3.8, 4) is 0 Å². The molecule has 0 saturated carbocycles. The second-order valence-corrected chi connectivity index (χ2v) is 6.11. The second kappa shape index (κ2) is 7.33. The molecule has 0 unspecified atom stereocenters. The molecule has 0 bridgehead atoms. The van der Waals surface area contributed by atoms with Crippen LogP contribution in [0.3, 0.4) is 0 Å². The highest BCUT2D eigenvalue weighted by molar-refractivity contribution is 5.76. The first-order chi connectivity index (χ1) is 11.6. The van der Waals surface area contributed by atoms with Gasteiger partial charge in [-0.15, -0.1) is 0 Å². The van der Waals surface area contributed by atoms with Crippen LogP contribution in [0.4, 0.5) is 5.82 Å². The monoisotopic (exact) mass is 330 g/mol. The number of nitrogens with one attached hydrogen (secondary N) is 2. The Kier molecular flexibility index (Phi) is 4.98. The number of nitrogens with zero attached hydrogens (tertiary/aromatic N) is 2. The Morgan fingerprint density at radius 2 is 2.38 bits per heavy atom. The third-order valence-electron chi connectivity index (χ3n) is 4.17. The molecule has 1 atom stereocenters. The van der Waals surface area contributed by atoms with Crippen molar-refractivity contribution in [1.29, 1.82) is 0 Å². The summed E-state index contributed by atoms with van der Waals surface area (Å²) >= 11 is 0. The number of anilines is 1. The van der Waals surface area contributed by atoms with Gasteiger partial charge in [0.1, 0.15) is 11.5 Å². The van der Waals surface area contributed by atoms with Gasteiger partial charge in [-0.3, -0.25) is 9.59 Å². The van der Waals surface area contributed by atoms with E-state index in [0.717, 1.165) is 30.9 Å². The van der Waals surface area contributed by atoms with Crippen molar-refractivity contribution in [2.45, 2.75) is 38.6 Å². The lowest BCUT2D eigenvalue weighted by molar-refractivity contribution is -0.121. The zero-order valence-electron chi connectivity index (χ0n) is 13.7. The summed E-state index contributed by atoms with van der Waals surface area (Å²) in [6.45, 7) is 3.27. The van der Waals surface area contributed by atoms with Crippen molar-refractivity contribution < 1.29 is 9.21 Å². The second-order valence-electron chi connectivity index (χ2n) is 6.11. The molecule has 1 aliphatic rings. The summed E-state index contributed by atoms with van der Waals surface area (Å²) in [6.07, 6.45) is 5.91. The van der Waals surface area contributed by atoms with Gasteiger partial charge in [-0.05, 0) is 31.9 Å². The summed E-state index contributed by atoms with van der Waals surface area (Å²) in [7, 11) is 0. The van der Waals surface area contributed by atoms with E-state index in [1.807, 2.05) is 24.0 Å². The largest absolute Gasteiger partial charge is 0.466 e. The molecule has 2 N–H and O–H groups in total. The van der Waals surface area contributed by atoms with Gasteiger partial charge in [0, 0.05) is 44.4 Å². The average Bonchev–Trinajstić information content (AvgIpc) is 2.99. The predicted octanol–water partition coefficient (Wildman–Crippen LogP) is 1.39. The van der Waals surface area contributed by atoms with Gasteiger partial charge in [-0.2, -0.15) is 0 Å². The van der Waals surface area contributed by atoms with Gasteiger partial charge in [-0.25, -0.2) is 4.98 Å². The number of piperidine rings is 1. The van der Waals surface area contributed by atoms with Gasteiger partial charge < -0.3 is 19.6 Å². The van der Waals surface area contributed by atoms with Crippen LogP contribution >= 0.6 is 0 Å². The first-order valence-corrected chi connectivity index (χ1v) is 8.25. The van der Waals surface area contributed by atoms with Crippen LogP contribution in [-0.4, -0.2) is 35.0 Å². The van der Waals surface area contributed by atoms with E-state index < -0.39 is 0 Å². The molecule has 0 aliphatic carbocycles. The predicted molar refractivity (Wildman–Crippen MR) is 90.0 cm³/mol. The molecule has 3 heterocycles. The number of hydrogen-bond acceptors (Lipinski definition) is 5. The van der Waals surface area contributed by atoms with E-state index in [4.69, 9.17) is 4.42 Å². The van der Waals surface area contributed by atoms with Crippen molar-refractivity contribution in [3.05, 3.63) is 46.4 Å². The normalized spacial score (nSPS) is 17.7. The molecule has 1 aliphatic heterocycles. The SMILES string of the molecule is Cc1ccc(CCC(=O)N[C@@H]2CCCN(c3ncc[nH]c3=O)C2)o1. The summed E-state index contributed by atoms with van der Waals surface area (Å²) in [5.74, 6) is 2.11. The molecule has 7 heteroatoms. The molecule has 0 aromatic carbocycles.